The fourth-order valence-corrected chi connectivity index (χ4v) is 2.82. The van der Waals surface area contributed by atoms with E-state index in [1.165, 1.54) is 0 Å². The van der Waals surface area contributed by atoms with E-state index >= 15 is 0 Å². The number of amides is 2. The van der Waals surface area contributed by atoms with Crippen molar-refractivity contribution >= 4 is 11.8 Å². The van der Waals surface area contributed by atoms with Crippen molar-refractivity contribution in [3.63, 3.8) is 0 Å². The highest BCUT2D eigenvalue weighted by Crippen LogP contribution is 2.30. The van der Waals surface area contributed by atoms with Gasteiger partial charge in [-0.3, -0.25) is 9.59 Å². The van der Waals surface area contributed by atoms with E-state index in [-0.39, 0.29) is 11.8 Å². The molecule has 0 aliphatic heterocycles. The molecule has 0 heterocycles. The van der Waals surface area contributed by atoms with Crippen molar-refractivity contribution in [2.75, 3.05) is 13.1 Å². The second kappa shape index (κ2) is 7.88. The maximum atomic E-state index is 11.4. The molecule has 0 aromatic rings. The van der Waals surface area contributed by atoms with Crippen LogP contribution in [0.1, 0.15) is 39.5 Å². The van der Waals surface area contributed by atoms with Crippen molar-refractivity contribution < 1.29 is 9.59 Å². The van der Waals surface area contributed by atoms with Crippen LogP contribution in [0.3, 0.4) is 0 Å². The maximum Gasteiger partial charge on any atom is 0.223 e. The summed E-state index contributed by atoms with van der Waals surface area (Å²) in [4.78, 5) is 26.1. The highest BCUT2D eigenvalue weighted by Gasteiger charge is 2.24. The highest BCUT2D eigenvalue weighted by atomic mass is 16.2. The Kier molecular flexibility index (Phi) is 6.49. The minimum absolute atomic E-state index is 0.0523. The van der Waals surface area contributed by atoms with E-state index in [9.17, 15) is 9.59 Å². The Morgan fingerprint density at radius 3 is 1.40 bits per heavy atom. The van der Waals surface area contributed by atoms with Crippen LogP contribution in [0.15, 0.2) is 25.6 Å². The fourth-order valence-electron chi connectivity index (χ4n) is 2.82. The number of hydrogen-bond donors (Lipinski definition) is 0. The van der Waals surface area contributed by atoms with E-state index in [0.717, 1.165) is 38.8 Å². The lowest BCUT2D eigenvalue weighted by Crippen LogP contribution is -2.34. The van der Waals surface area contributed by atoms with Gasteiger partial charge < -0.3 is 9.80 Å². The van der Waals surface area contributed by atoms with Gasteiger partial charge in [0.15, 0.2) is 0 Å². The molecule has 1 rings (SSSR count). The second-order valence-electron chi connectivity index (χ2n) is 5.59. The number of carbonyl (C=O) groups is 2. The van der Waals surface area contributed by atoms with Crippen molar-refractivity contribution in [2.45, 2.75) is 39.5 Å². The molecule has 0 radical (unpaired) electrons. The molecule has 4 heteroatoms. The molecule has 0 aromatic heterocycles. The molecule has 20 heavy (non-hydrogen) atoms. The summed E-state index contributed by atoms with van der Waals surface area (Å²) in [5.41, 5.74) is 0. The molecule has 1 aliphatic rings. The first kappa shape index (κ1) is 16.5. The quantitative estimate of drug-likeness (QED) is 0.749. The smallest absolute Gasteiger partial charge is 0.223 e. The van der Waals surface area contributed by atoms with Crippen molar-refractivity contribution in [1.82, 2.24) is 9.80 Å². The Balaban J connectivity index is 2.39. The summed E-state index contributed by atoms with van der Waals surface area (Å²) in [7, 11) is 0. The fraction of sp³-hybridized carbons (Fsp3) is 0.625. The molecule has 0 aromatic carbocycles. The molecule has 2 amide bonds. The van der Waals surface area contributed by atoms with Gasteiger partial charge in [-0.25, -0.2) is 0 Å². The van der Waals surface area contributed by atoms with Crippen molar-refractivity contribution in [3.8, 4) is 0 Å². The van der Waals surface area contributed by atoms with Gasteiger partial charge in [-0.05, 0) is 49.9 Å². The Morgan fingerprint density at radius 2 is 1.20 bits per heavy atom. The maximum absolute atomic E-state index is 11.4. The number of hydrogen-bond acceptors (Lipinski definition) is 2. The van der Waals surface area contributed by atoms with E-state index in [1.807, 2.05) is 0 Å². The van der Waals surface area contributed by atoms with Crippen molar-refractivity contribution in [1.29, 1.82) is 0 Å². The Bertz CT molecular complexity index is 335. The van der Waals surface area contributed by atoms with Crippen LogP contribution in [0.4, 0.5) is 0 Å². The zero-order chi connectivity index (χ0) is 15.1. The summed E-state index contributed by atoms with van der Waals surface area (Å²) < 4.78 is 0. The summed E-state index contributed by atoms with van der Waals surface area (Å²) in [6.45, 7) is 12.0. The minimum atomic E-state index is 0.0523. The van der Waals surface area contributed by atoms with Gasteiger partial charge in [-0.15, -0.1) is 0 Å². The Labute approximate surface area is 122 Å². The predicted octanol–water partition coefficient (Wildman–Crippen LogP) is 2.78. The van der Waals surface area contributed by atoms with Gasteiger partial charge in [-0.2, -0.15) is 0 Å². The standard InChI is InChI=1S/C16H26N2O2/c1-5-17(13(3)19)11-15-7-9-16(10-8-15)12-18(6-2)14(4)20/h5-6,15-16H,1-2,7-12H2,3-4H3. The minimum Gasteiger partial charge on any atom is -0.320 e. The molecule has 0 saturated heterocycles. The van der Waals surface area contributed by atoms with Gasteiger partial charge in [0.25, 0.3) is 0 Å². The first-order chi connectivity index (χ1) is 9.47. The van der Waals surface area contributed by atoms with E-state index < -0.39 is 0 Å². The van der Waals surface area contributed by atoms with Gasteiger partial charge in [0.1, 0.15) is 0 Å². The largest absolute Gasteiger partial charge is 0.320 e. The van der Waals surface area contributed by atoms with Gasteiger partial charge in [0.2, 0.25) is 11.8 Å². The van der Waals surface area contributed by atoms with Gasteiger partial charge in [0, 0.05) is 26.9 Å². The van der Waals surface area contributed by atoms with Crippen LogP contribution in [0, 0.1) is 11.8 Å². The van der Waals surface area contributed by atoms with Gasteiger partial charge in [0.05, 0.1) is 0 Å². The average Bonchev–Trinajstić information content (AvgIpc) is 2.42. The molecule has 0 spiro atoms. The van der Waals surface area contributed by atoms with Crippen LogP contribution in [0.5, 0.6) is 0 Å². The SMILES string of the molecule is C=CN(CC1CCC(CN(C=C)C(C)=O)CC1)C(C)=O. The first-order valence-corrected chi connectivity index (χ1v) is 7.27. The summed E-state index contributed by atoms with van der Waals surface area (Å²) in [6, 6.07) is 0. The molecular formula is C16H26N2O2. The molecular weight excluding hydrogens is 252 g/mol. The number of rotatable bonds is 6. The van der Waals surface area contributed by atoms with E-state index in [2.05, 4.69) is 13.2 Å². The van der Waals surface area contributed by atoms with E-state index in [1.54, 1.807) is 36.0 Å². The Morgan fingerprint density at radius 1 is 0.900 bits per heavy atom. The number of carbonyl (C=O) groups excluding carboxylic acids is 2. The normalized spacial score (nSPS) is 21.9. The lowest BCUT2D eigenvalue weighted by Gasteiger charge is -2.33. The molecule has 1 aliphatic carbocycles. The van der Waals surface area contributed by atoms with E-state index in [4.69, 9.17) is 0 Å². The topological polar surface area (TPSA) is 40.6 Å². The van der Waals surface area contributed by atoms with Crippen LogP contribution in [-0.4, -0.2) is 34.7 Å². The highest BCUT2D eigenvalue weighted by molar-refractivity contribution is 5.74. The molecule has 0 unspecified atom stereocenters. The molecule has 0 atom stereocenters. The third-order valence-electron chi connectivity index (χ3n) is 4.13. The van der Waals surface area contributed by atoms with Gasteiger partial charge >= 0.3 is 0 Å². The van der Waals surface area contributed by atoms with Crippen molar-refractivity contribution in [2.24, 2.45) is 11.8 Å². The molecule has 1 saturated carbocycles. The van der Waals surface area contributed by atoms with Crippen molar-refractivity contribution in [3.05, 3.63) is 25.6 Å². The molecule has 112 valence electrons. The lowest BCUT2D eigenvalue weighted by molar-refractivity contribution is -0.128. The zero-order valence-corrected chi connectivity index (χ0v) is 12.7. The molecule has 0 N–H and O–H groups in total. The zero-order valence-electron chi connectivity index (χ0n) is 12.7. The van der Waals surface area contributed by atoms with Crippen LogP contribution < -0.4 is 0 Å². The third-order valence-corrected chi connectivity index (χ3v) is 4.13. The number of nitrogens with zero attached hydrogens (tertiary/aromatic N) is 2. The van der Waals surface area contributed by atoms with Crippen LogP contribution >= 0.6 is 0 Å². The summed E-state index contributed by atoms with van der Waals surface area (Å²) >= 11 is 0. The molecule has 0 bridgehead atoms. The second-order valence-corrected chi connectivity index (χ2v) is 5.59. The lowest BCUT2D eigenvalue weighted by atomic mass is 9.81. The summed E-state index contributed by atoms with van der Waals surface area (Å²) in [5.74, 6) is 1.19. The van der Waals surface area contributed by atoms with Gasteiger partial charge in [-0.1, -0.05) is 13.2 Å². The summed E-state index contributed by atoms with van der Waals surface area (Å²) in [6.07, 6.45) is 7.64. The van der Waals surface area contributed by atoms with Crippen LogP contribution in [0.25, 0.3) is 0 Å². The third kappa shape index (κ3) is 4.83. The van der Waals surface area contributed by atoms with Crippen LogP contribution in [0.2, 0.25) is 0 Å². The molecule has 1 fully saturated rings. The predicted molar refractivity (Wildman–Crippen MR) is 80.6 cm³/mol. The van der Waals surface area contributed by atoms with E-state index in [0.29, 0.717) is 11.8 Å². The molecule has 4 nitrogen and oxygen atoms in total. The van der Waals surface area contributed by atoms with Crippen LogP contribution in [-0.2, 0) is 9.59 Å². The monoisotopic (exact) mass is 278 g/mol. The summed E-state index contributed by atoms with van der Waals surface area (Å²) in [5, 5.41) is 0. The first-order valence-electron chi connectivity index (χ1n) is 7.27. The average molecular weight is 278 g/mol. The Hall–Kier alpha value is -1.58.